The Hall–Kier alpha value is -2.95. The molecule has 0 atom stereocenters. The summed E-state index contributed by atoms with van der Waals surface area (Å²) in [7, 11) is 1.27. The van der Waals surface area contributed by atoms with Crippen molar-refractivity contribution >= 4 is 34.9 Å². The summed E-state index contributed by atoms with van der Waals surface area (Å²) >= 11 is 12.2. The largest absolute Gasteiger partial charge is 0.489 e. The molecule has 0 aromatic heterocycles. The Morgan fingerprint density at radius 1 is 1.22 bits per heavy atom. The Bertz CT molecular complexity index is 886. The molecule has 0 aliphatic carbocycles. The predicted octanol–water partition coefficient (Wildman–Crippen LogP) is 3.91. The van der Waals surface area contributed by atoms with Crippen molar-refractivity contribution in [3.05, 3.63) is 57.6 Å². The van der Waals surface area contributed by atoms with Gasteiger partial charge in [-0.05, 0) is 5.56 Å². The van der Waals surface area contributed by atoms with Crippen LogP contribution in [0.25, 0.3) is 0 Å². The Morgan fingerprint density at radius 3 is 2.48 bits per heavy atom. The van der Waals surface area contributed by atoms with Gasteiger partial charge in [-0.15, -0.1) is 0 Å². The molecule has 0 spiro atoms. The van der Waals surface area contributed by atoms with Crippen molar-refractivity contribution in [3.8, 4) is 17.6 Å². The first-order valence-corrected chi connectivity index (χ1v) is 8.27. The van der Waals surface area contributed by atoms with Gasteiger partial charge in [0, 0.05) is 17.7 Å². The van der Waals surface area contributed by atoms with Gasteiger partial charge in [-0.1, -0.05) is 52.6 Å². The summed E-state index contributed by atoms with van der Waals surface area (Å²) in [6.07, 6.45) is 0. The number of nitriles is 1. The van der Waals surface area contributed by atoms with E-state index in [2.05, 4.69) is 9.99 Å². The molecule has 0 bridgehead atoms. The summed E-state index contributed by atoms with van der Waals surface area (Å²) in [5.41, 5.74) is 0.693. The molecule has 0 unspecified atom stereocenters. The van der Waals surface area contributed by atoms with E-state index in [0.717, 1.165) is 0 Å². The van der Waals surface area contributed by atoms with Gasteiger partial charge < -0.3 is 19.4 Å². The standard InChI is InChI=1S/C18H14Cl2N2O5/c1-25-22-16(18(23)24)13-5-3-2-4-11(13)10-27-12-8-14(19)17(15(20)9-12)26-7-6-21/h2-5,8-9H,7,10H2,1H3,(H,23,24). The molecule has 0 fully saturated rings. The number of rotatable bonds is 8. The van der Waals surface area contributed by atoms with Crippen LogP contribution in [0.4, 0.5) is 0 Å². The number of benzene rings is 2. The lowest BCUT2D eigenvalue weighted by molar-refractivity contribution is -0.129. The summed E-state index contributed by atoms with van der Waals surface area (Å²) in [6.45, 7) is -0.152. The highest BCUT2D eigenvalue weighted by molar-refractivity contribution is 6.42. The number of hydrogen-bond donors (Lipinski definition) is 1. The van der Waals surface area contributed by atoms with Gasteiger partial charge in [0.15, 0.2) is 18.1 Å². The minimum absolute atomic E-state index is 0.0389. The summed E-state index contributed by atoms with van der Waals surface area (Å²) in [6, 6.07) is 11.5. The lowest BCUT2D eigenvalue weighted by Gasteiger charge is -2.13. The average Bonchev–Trinajstić information content (AvgIpc) is 2.64. The third kappa shape index (κ3) is 5.26. The fraction of sp³-hybridized carbons (Fsp3) is 0.167. The van der Waals surface area contributed by atoms with Crippen molar-refractivity contribution < 1.29 is 24.2 Å². The Kier molecular flexibility index (Phi) is 7.29. The maximum atomic E-state index is 11.4. The highest BCUT2D eigenvalue weighted by Crippen LogP contribution is 2.37. The molecule has 2 aromatic carbocycles. The van der Waals surface area contributed by atoms with Gasteiger partial charge in [-0.2, -0.15) is 5.26 Å². The summed E-state index contributed by atoms with van der Waals surface area (Å²) in [4.78, 5) is 16.0. The second-order valence-corrected chi connectivity index (χ2v) is 5.85. The zero-order valence-electron chi connectivity index (χ0n) is 14.1. The van der Waals surface area contributed by atoms with E-state index in [9.17, 15) is 9.90 Å². The molecule has 1 N–H and O–H groups in total. The number of oxime groups is 1. The van der Waals surface area contributed by atoms with Gasteiger partial charge in [-0.3, -0.25) is 0 Å². The van der Waals surface area contributed by atoms with E-state index in [1.165, 1.54) is 19.2 Å². The predicted molar refractivity (Wildman–Crippen MR) is 99.5 cm³/mol. The maximum Gasteiger partial charge on any atom is 0.358 e. The minimum Gasteiger partial charge on any atom is -0.489 e. The van der Waals surface area contributed by atoms with E-state index in [4.69, 9.17) is 37.9 Å². The Labute approximate surface area is 165 Å². The topological polar surface area (TPSA) is 101 Å². The molecule has 7 nitrogen and oxygen atoms in total. The zero-order chi connectivity index (χ0) is 19.8. The number of carboxylic acid groups (broad SMARTS) is 1. The van der Waals surface area contributed by atoms with Crippen LogP contribution in [0.15, 0.2) is 41.6 Å². The molecule has 140 valence electrons. The molecule has 2 rings (SSSR count). The number of carboxylic acids is 1. The first kappa shape index (κ1) is 20.4. The molecule has 0 aliphatic heterocycles. The minimum atomic E-state index is -1.23. The lowest BCUT2D eigenvalue weighted by Crippen LogP contribution is -2.17. The van der Waals surface area contributed by atoms with E-state index in [1.807, 2.05) is 6.07 Å². The van der Waals surface area contributed by atoms with E-state index < -0.39 is 5.97 Å². The summed E-state index contributed by atoms with van der Waals surface area (Å²) in [5, 5.41) is 21.8. The van der Waals surface area contributed by atoms with E-state index in [0.29, 0.717) is 16.9 Å². The average molecular weight is 409 g/mol. The first-order chi connectivity index (χ1) is 13.0. The summed E-state index contributed by atoms with van der Waals surface area (Å²) in [5.74, 6) is -0.688. The van der Waals surface area contributed by atoms with Gasteiger partial charge in [0.25, 0.3) is 0 Å². The number of ether oxygens (including phenoxy) is 2. The normalized spacial score (nSPS) is 10.8. The zero-order valence-corrected chi connectivity index (χ0v) is 15.6. The first-order valence-electron chi connectivity index (χ1n) is 7.52. The molecule has 0 saturated carbocycles. The fourth-order valence-electron chi connectivity index (χ4n) is 2.20. The van der Waals surface area contributed by atoms with Gasteiger partial charge in [0.2, 0.25) is 0 Å². The number of hydrogen-bond acceptors (Lipinski definition) is 6. The molecule has 0 amide bonds. The Balaban J connectivity index is 2.24. The van der Waals surface area contributed by atoms with Crippen molar-refractivity contribution in [3.63, 3.8) is 0 Å². The van der Waals surface area contributed by atoms with Gasteiger partial charge >= 0.3 is 5.97 Å². The maximum absolute atomic E-state index is 11.4. The van der Waals surface area contributed by atoms with Gasteiger partial charge in [0.05, 0.1) is 10.0 Å². The van der Waals surface area contributed by atoms with Crippen molar-refractivity contribution in [2.75, 3.05) is 13.7 Å². The van der Waals surface area contributed by atoms with Crippen LogP contribution in [0.3, 0.4) is 0 Å². The second-order valence-electron chi connectivity index (χ2n) is 5.04. The molecule has 9 heteroatoms. The fourth-order valence-corrected chi connectivity index (χ4v) is 2.77. The highest BCUT2D eigenvalue weighted by Gasteiger charge is 2.18. The van der Waals surface area contributed by atoms with Gasteiger partial charge in [0.1, 0.15) is 25.5 Å². The van der Waals surface area contributed by atoms with E-state index >= 15 is 0 Å². The molecule has 0 radical (unpaired) electrons. The van der Waals surface area contributed by atoms with Crippen molar-refractivity contribution in [1.29, 1.82) is 5.26 Å². The molecule has 0 heterocycles. The molecule has 0 aliphatic rings. The van der Waals surface area contributed by atoms with Crippen LogP contribution in [-0.4, -0.2) is 30.5 Å². The van der Waals surface area contributed by atoms with Gasteiger partial charge in [-0.25, -0.2) is 4.79 Å². The number of aliphatic carboxylic acids is 1. The quantitative estimate of drug-likeness (QED) is 0.524. The smallest absolute Gasteiger partial charge is 0.358 e. The SMILES string of the molecule is CON=C(C(=O)O)c1ccccc1COc1cc(Cl)c(OCC#N)c(Cl)c1. The van der Waals surface area contributed by atoms with E-state index in [-0.39, 0.29) is 34.7 Å². The molecular formula is C18H14Cl2N2O5. The third-order valence-electron chi connectivity index (χ3n) is 3.30. The molecule has 0 saturated heterocycles. The van der Waals surface area contributed by atoms with Crippen LogP contribution in [0.2, 0.25) is 10.0 Å². The van der Waals surface area contributed by atoms with E-state index in [1.54, 1.807) is 24.3 Å². The number of nitrogens with zero attached hydrogens (tertiary/aromatic N) is 2. The highest BCUT2D eigenvalue weighted by atomic mass is 35.5. The lowest BCUT2D eigenvalue weighted by atomic mass is 10.0. The molecule has 27 heavy (non-hydrogen) atoms. The number of carbonyl (C=O) groups is 1. The molecular weight excluding hydrogens is 395 g/mol. The van der Waals surface area contributed by atoms with Crippen LogP contribution in [0.1, 0.15) is 11.1 Å². The second kappa shape index (κ2) is 9.67. The van der Waals surface area contributed by atoms with Crippen LogP contribution in [-0.2, 0) is 16.2 Å². The van der Waals surface area contributed by atoms with Crippen LogP contribution < -0.4 is 9.47 Å². The van der Waals surface area contributed by atoms with Crippen LogP contribution >= 0.6 is 23.2 Å². The van der Waals surface area contributed by atoms with Crippen molar-refractivity contribution in [1.82, 2.24) is 0 Å². The van der Waals surface area contributed by atoms with Crippen LogP contribution in [0, 0.1) is 11.3 Å². The monoisotopic (exact) mass is 408 g/mol. The molecule has 2 aromatic rings. The summed E-state index contributed by atoms with van der Waals surface area (Å²) < 4.78 is 10.8. The number of halogens is 2. The van der Waals surface area contributed by atoms with Crippen LogP contribution in [0.5, 0.6) is 11.5 Å². The van der Waals surface area contributed by atoms with Crippen molar-refractivity contribution in [2.24, 2.45) is 5.16 Å². The Morgan fingerprint density at radius 2 is 1.89 bits per heavy atom. The third-order valence-corrected chi connectivity index (χ3v) is 3.87. The van der Waals surface area contributed by atoms with Crippen molar-refractivity contribution in [2.45, 2.75) is 6.61 Å².